The topological polar surface area (TPSA) is 50.9 Å². The number of aryl methyl sites for hydroxylation is 1. The number of pyridine rings is 1. The van der Waals surface area contributed by atoms with Crippen LogP contribution in [0, 0.1) is 6.92 Å². The molecule has 3 N–H and O–H groups in total. The Morgan fingerprint density at radius 2 is 1.70 bits per heavy atom. The Hall–Kier alpha value is -2.23. The summed E-state index contributed by atoms with van der Waals surface area (Å²) in [4.78, 5) is 4.34. The van der Waals surface area contributed by atoms with Crippen molar-refractivity contribution in [2.24, 2.45) is 5.84 Å². The highest BCUT2D eigenvalue weighted by Gasteiger charge is 2.12. The molecule has 20 heavy (non-hydrogen) atoms. The number of nitrogens with zero attached hydrogens (tertiary/aromatic N) is 1. The van der Waals surface area contributed by atoms with E-state index in [0.717, 1.165) is 16.8 Å². The maximum Gasteiger partial charge on any atom is 0.0725 e. The zero-order chi connectivity index (χ0) is 13.9. The average Bonchev–Trinajstić information content (AvgIpc) is 2.50. The summed E-state index contributed by atoms with van der Waals surface area (Å²) in [6.07, 6.45) is 1.87. The minimum Gasteiger partial charge on any atom is -0.271 e. The van der Waals surface area contributed by atoms with Crippen molar-refractivity contribution < 1.29 is 0 Å². The lowest BCUT2D eigenvalue weighted by molar-refractivity contribution is 0.635. The molecule has 0 bridgehead atoms. The van der Waals surface area contributed by atoms with Crippen LogP contribution in [0.4, 0.5) is 0 Å². The lowest BCUT2D eigenvalue weighted by atomic mass is 9.97. The fourth-order valence-corrected chi connectivity index (χ4v) is 2.42. The van der Waals surface area contributed by atoms with E-state index >= 15 is 0 Å². The number of hydrogen-bond acceptors (Lipinski definition) is 3. The number of aromatic nitrogens is 1. The zero-order valence-electron chi connectivity index (χ0n) is 11.4. The van der Waals surface area contributed by atoms with Gasteiger partial charge in [0, 0.05) is 11.9 Å². The number of hydrogen-bond donors (Lipinski definition) is 2. The summed E-state index contributed by atoms with van der Waals surface area (Å²) in [5.74, 6) is 5.74. The SMILES string of the molecule is Cc1ccc(C(NN)c2ccc3ccccc3c2)cn1. The summed E-state index contributed by atoms with van der Waals surface area (Å²) < 4.78 is 0. The summed E-state index contributed by atoms with van der Waals surface area (Å²) in [6.45, 7) is 1.98. The van der Waals surface area contributed by atoms with Crippen molar-refractivity contribution in [3.8, 4) is 0 Å². The number of benzene rings is 2. The molecule has 0 aliphatic rings. The minimum absolute atomic E-state index is 0.0484. The first-order valence-electron chi connectivity index (χ1n) is 6.65. The van der Waals surface area contributed by atoms with Gasteiger partial charge in [0.2, 0.25) is 0 Å². The van der Waals surface area contributed by atoms with Crippen LogP contribution in [0.15, 0.2) is 60.8 Å². The van der Waals surface area contributed by atoms with E-state index in [0.29, 0.717) is 0 Å². The standard InChI is InChI=1S/C17H17N3/c1-12-6-7-16(11-19-12)17(20-18)15-9-8-13-4-2-3-5-14(13)10-15/h2-11,17,20H,18H2,1H3. The molecule has 100 valence electrons. The fourth-order valence-electron chi connectivity index (χ4n) is 2.42. The van der Waals surface area contributed by atoms with Crippen LogP contribution in [0.2, 0.25) is 0 Å². The fraction of sp³-hybridized carbons (Fsp3) is 0.118. The van der Waals surface area contributed by atoms with E-state index in [1.165, 1.54) is 10.8 Å². The molecule has 3 heteroatoms. The Balaban J connectivity index is 2.04. The maximum absolute atomic E-state index is 5.74. The van der Waals surface area contributed by atoms with Gasteiger partial charge in [-0.05, 0) is 41.0 Å². The highest BCUT2D eigenvalue weighted by Crippen LogP contribution is 2.24. The largest absolute Gasteiger partial charge is 0.271 e. The number of nitrogens with one attached hydrogen (secondary N) is 1. The van der Waals surface area contributed by atoms with Crippen LogP contribution in [0.1, 0.15) is 22.9 Å². The van der Waals surface area contributed by atoms with Gasteiger partial charge in [-0.25, -0.2) is 5.43 Å². The Morgan fingerprint density at radius 3 is 2.40 bits per heavy atom. The third-order valence-electron chi connectivity index (χ3n) is 3.54. The molecule has 0 saturated heterocycles. The number of hydrazine groups is 1. The lowest BCUT2D eigenvalue weighted by Crippen LogP contribution is -2.28. The quantitative estimate of drug-likeness (QED) is 0.564. The Bertz CT molecular complexity index is 720. The first-order valence-corrected chi connectivity index (χ1v) is 6.65. The minimum atomic E-state index is -0.0484. The average molecular weight is 263 g/mol. The van der Waals surface area contributed by atoms with Crippen LogP contribution >= 0.6 is 0 Å². The van der Waals surface area contributed by atoms with Gasteiger partial charge >= 0.3 is 0 Å². The van der Waals surface area contributed by atoms with E-state index in [-0.39, 0.29) is 6.04 Å². The summed E-state index contributed by atoms with van der Waals surface area (Å²) in [7, 11) is 0. The third kappa shape index (κ3) is 2.41. The molecule has 3 nitrogen and oxygen atoms in total. The van der Waals surface area contributed by atoms with Gasteiger partial charge in [-0.3, -0.25) is 10.8 Å². The summed E-state index contributed by atoms with van der Waals surface area (Å²) in [5, 5.41) is 2.44. The summed E-state index contributed by atoms with van der Waals surface area (Å²) >= 11 is 0. The van der Waals surface area contributed by atoms with Gasteiger partial charge in [0.25, 0.3) is 0 Å². The molecule has 0 aliphatic carbocycles. The second-order valence-corrected chi connectivity index (χ2v) is 4.94. The molecule has 3 rings (SSSR count). The van der Waals surface area contributed by atoms with Gasteiger partial charge in [0.05, 0.1) is 6.04 Å². The van der Waals surface area contributed by atoms with Crippen LogP contribution in [-0.2, 0) is 0 Å². The highest BCUT2D eigenvalue weighted by atomic mass is 15.2. The molecular weight excluding hydrogens is 246 g/mol. The monoisotopic (exact) mass is 263 g/mol. The molecule has 1 aromatic heterocycles. The van der Waals surface area contributed by atoms with Gasteiger partial charge in [0.15, 0.2) is 0 Å². The first kappa shape index (κ1) is 12.8. The Morgan fingerprint density at radius 1 is 0.950 bits per heavy atom. The van der Waals surface area contributed by atoms with Gasteiger partial charge < -0.3 is 0 Å². The molecule has 1 unspecified atom stereocenters. The zero-order valence-corrected chi connectivity index (χ0v) is 11.4. The van der Waals surface area contributed by atoms with Crippen molar-refractivity contribution in [1.29, 1.82) is 0 Å². The maximum atomic E-state index is 5.74. The van der Waals surface area contributed by atoms with Crippen LogP contribution in [0.25, 0.3) is 10.8 Å². The predicted octanol–water partition coefficient (Wildman–Crippen LogP) is 3.10. The van der Waals surface area contributed by atoms with E-state index in [1.54, 1.807) is 0 Å². The van der Waals surface area contributed by atoms with Gasteiger partial charge in [-0.15, -0.1) is 0 Å². The molecular formula is C17H17N3. The van der Waals surface area contributed by atoms with E-state index in [1.807, 2.05) is 31.3 Å². The summed E-state index contributed by atoms with van der Waals surface area (Å²) in [5.41, 5.74) is 6.08. The van der Waals surface area contributed by atoms with Crippen molar-refractivity contribution in [1.82, 2.24) is 10.4 Å². The molecule has 1 atom stereocenters. The van der Waals surface area contributed by atoms with Gasteiger partial charge in [-0.1, -0.05) is 42.5 Å². The van der Waals surface area contributed by atoms with Gasteiger partial charge in [-0.2, -0.15) is 0 Å². The number of nitrogens with two attached hydrogens (primary N) is 1. The molecule has 0 fully saturated rings. The van der Waals surface area contributed by atoms with Gasteiger partial charge in [0.1, 0.15) is 0 Å². The molecule has 0 aliphatic heterocycles. The lowest BCUT2D eigenvalue weighted by Gasteiger charge is -2.17. The van der Waals surface area contributed by atoms with Crippen molar-refractivity contribution >= 4 is 10.8 Å². The Kier molecular flexibility index (Phi) is 3.46. The van der Waals surface area contributed by atoms with Crippen LogP contribution in [-0.4, -0.2) is 4.98 Å². The van der Waals surface area contributed by atoms with Crippen molar-refractivity contribution in [3.63, 3.8) is 0 Å². The van der Waals surface area contributed by atoms with E-state index in [4.69, 9.17) is 5.84 Å². The van der Waals surface area contributed by atoms with Crippen molar-refractivity contribution in [3.05, 3.63) is 77.6 Å². The first-order chi connectivity index (χ1) is 9.78. The van der Waals surface area contributed by atoms with Crippen LogP contribution in [0.3, 0.4) is 0 Å². The van der Waals surface area contributed by atoms with Crippen LogP contribution < -0.4 is 11.3 Å². The predicted molar refractivity (Wildman–Crippen MR) is 82.1 cm³/mol. The van der Waals surface area contributed by atoms with E-state index in [2.05, 4.69) is 46.8 Å². The molecule has 1 heterocycles. The molecule has 0 radical (unpaired) electrons. The number of fused-ring (bicyclic) bond motifs is 1. The second-order valence-electron chi connectivity index (χ2n) is 4.94. The van der Waals surface area contributed by atoms with Crippen molar-refractivity contribution in [2.75, 3.05) is 0 Å². The summed E-state index contributed by atoms with van der Waals surface area (Å²) in [6, 6.07) is 18.7. The molecule has 0 saturated carbocycles. The normalized spacial score (nSPS) is 12.5. The van der Waals surface area contributed by atoms with Crippen molar-refractivity contribution in [2.45, 2.75) is 13.0 Å². The molecule has 2 aromatic carbocycles. The number of rotatable bonds is 3. The van der Waals surface area contributed by atoms with Crippen LogP contribution in [0.5, 0.6) is 0 Å². The third-order valence-corrected chi connectivity index (χ3v) is 3.54. The molecule has 0 spiro atoms. The molecule has 3 aromatic rings. The highest BCUT2D eigenvalue weighted by molar-refractivity contribution is 5.83. The second kappa shape index (κ2) is 5.41. The Labute approximate surface area is 118 Å². The van der Waals surface area contributed by atoms with E-state index in [9.17, 15) is 0 Å². The molecule has 0 amide bonds. The smallest absolute Gasteiger partial charge is 0.0725 e. The van der Waals surface area contributed by atoms with E-state index < -0.39 is 0 Å².